The average Bonchev–Trinajstić information content (AvgIpc) is 3.43. The molecule has 0 spiro atoms. The van der Waals surface area contributed by atoms with E-state index >= 15 is 0 Å². The lowest BCUT2D eigenvalue weighted by molar-refractivity contribution is -0.136. The number of ether oxygens (including phenoxy) is 2. The number of nitrogens with one attached hydrogen (secondary N) is 2. The number of carbonyl (C=O) groups excluding carboxylic acids is 5. The molecule has 54 heavy (non-hydrogen) atoms. The van der Waals surface area contributed by atoms with Gasteiger partial charge in [-0.15, -0.1) is 11.6 Å². The molecule has 3 heterocycles. The van der Waals surface area contributed by atoms with Gasteiger partial charge in [0.15, 0.2) is 0 Å². The van der Waals surface area contributed by atoms with Gasteiger partial charge in [-0.3, -0.25) is 34.2 Å². The van der Waals surface area contributed by atoms with Crippen LogP contribution in [0.1, 0.15) is 84.2 Å². The van der Waals surface area contributed by atoms with Crippen molar-refractivity contribution in [2.75, 3.05) is 44.0 Å². The number of imide groups is 2. The van der Waals surface area contributed by atoms with E-state index in [9.17, 15) is 29.1 Å². The molecule has 2 atom stereocenters. The van der Waals surface area contributed by atoms with Gasteiger partial charge < -0.3 is 24.8 Å². The summed E-state index contributed by atoms with van der Waals surface area (Å²) in [6, 6.07) is 19.9. The van der Waals surface area contributed by atoms with E-state index in [0.29, 0.717) is 56.4 Å². The molecule has 3 aliphatic rings. The number of benzene rings is 3. The highest BCUT2D eigenvalue weighted by Gasteiger charge is 2.44. The van der Waals surface area contributed by atoms with Gasteiger partial charge in [-0.1, -0.05) is 38.1 Å². The Bertz CT molecular complexity index is 1860. The van der Waals surface area contributed by atoms with E-state index in [0.717, 1.165) is 34.6 Å². The van der Waals surface area contributed by atoms with Crippen LogP contribution in [0.15, 0.2) is 66.7 Å². The third-order valence-electron chi connectivity index (χ3n) is 10.6. The molecule has 3 aliphatic heterocycles. The van der Waals surface area contributed by atoms with Gasteiger partial charge in [0.1, 0.15) is 30.3 Å². The minimum atomic E-state index is -1.01. The zero-order valence-electron chi connectivity index (χ0n) is 30.6. The summed E-state index contributed by atoms with van der Waals surface area (Å²) in [5, 5.41) is 15.1. The number of nitrogens with zero attached hydrogens (tertiary/aromatic N) is 2. The smallest absolute Gasteiger partial charge is 0.262 e. The molecule has 2 fully saturated rings. The molecule has 0 saturated carbocycles. The number of amides is 5. The lowest BCUT2D eigenvalue weighted by Gasteiger charge is -2.32. The number of piperidine rings is 2. The van der Waals surface area contributed by atoms with Crippen molar-refractivity contribution < 1.29 is 38.6 Å². The van der Waals surface area contributed by atoms with E-state index in [4.69, 9.17) is 21.1 Å². The predicted octanol–water partition coefficient (Wildman–Crippen LogP) is 4.90. The summed E-state index contributed by atoms with van der Waals surface area (Å²) in [6.07, 6.45) is 2.20. The molecule has 3 aromatic rings. The summed E-state index contributed by atoms with van der Waals surface area (Å²) in [5.41, 5.74) is 3.13. The molecule has 3 aromatic carbocycles. The van der Waals surface area contributed by atoms with Gasteiger partial charge in [-0.25, -0.2) is 0 Å². The summed E-state index contributed by atoms with van der Waals surface area (Å²) in [4.78, 5) is 65.7. The lowest BCUT2D eigenvalue weighted by Crippen LogP contribution is -2.54. The van der Waals surface area contributed by atoms with E-state index in [2.05, 4.69) is 36.6 Å². The highest BCUT2D eigenvalue weighted by atomic mass is 35.5. The van der Waals surface area contributed by atoms with Crippen LogP contribution in [0.5, 0.6) is 11.5 Å². The van der Waals surface area contributed by atoms with E-state index in [1.54, 1.807) is 18.2 Å². The van der Waals surface area contributed by atoms with Crippen LogP contribution in [0.2, 0.25) is 0 Å². The number of aliphatic hydroxyl groups excluding tert-OH is 1. The minimum absolute atomic E-state index is 0.0665. The Morgan fingerprint density at radius 1 is 0.907 bits per heavy atom. The molecule has 1 unspecified atom stereocenters. The predicted molar refractivity (Wildman–Crippen MR) is 203 cm³/mol. The second-order valence-electron chi connectivity index (χ2n) is 14.7. The van der Waals surface area contributed by atoms with Gasteiger partial charge >= 0.3 is 0 Å². The van der Waals surface area contributed by atoms with Gasteiger partial charge in [0.25, 0.3) is 11.8 Å². The summed E-state index contributed by atoms with van der Waals surface area (Å²) >= 11 is 5.65. The zero-order chi connectivity index (χ0) is 38.4. The summed E-state index contributed by atoms with van der Waals surface area (Å²) in [7, 11) is 0. The number of fused-ring (bicyclic) bond motifs is 1. The molecule has 6 rings (SSSR count). The molecule has 5 amide bonds. The Morgan fingerprint density at radius 3 is 2.17 bits per heavy atom. The van der Waals surface area contributed by atoms with Gasteiger partial charge in [0.2, 0.25) is 17.7 Å². The maximum absolute atomic E-state index is 13.1. The van der Waals surface area contributed by atoms with Crippen molar-refractivity contribution in [1.29, 1.82) is 0 Å². The molecule has 2 saturated heterocycles. The SMILES string of the molecule is CC(C)(c1ccc(OCC2CCN(C(=O)CCCNc3ccc4c(c3)C(=O)N(C3CCC(=O)NC3=O)C4=O)CC2)cc1)c1ccc(OC[C@H](O)CCl)cc1. The van der Waals surface area contributed by atoms with Crippen LogP contribution in [-0.4, -0.2) is 95.3 Å². The Balaban J connectivity index is 0.894. The minimum Gasteiger partial charge on any atom is -0.493 e. The quantitative estimate of drug-likeness (QED) is 0.112. The van der Waals surface area contributed by atoms with Crippen LogP contribution < -0.4 is 20.1 Å². The number of carbonyl (C=O) groups is 5. The largest absolute Gasteiger partial charge is 0.493 e. The third-order valence-corrected chi connectivity index (χ3v) is 10.9. The van der Waals surface area contributed by atoms with E-state index in [-0.39, 0.29) is 47.8 Å². The number of halogens is 1. The first kappa shape index (κ1) is 38.8. The van der Waals surface area contributed by atoms with Crippen molar-refractivity contribution in [3.8, 4) is 11.5 Å². The topological polar surface area (TPSA) is 155 Å². The number of hydrogen-bond donors (Lipinski definition) is 3. The van der Waals surface area contributed by atoms with E-state index in [1.807, 2.05) is 41.3 Å². The van der Waals surface area contributed by atoms with Gasteiger partial charge in [0.05, 0.1) is 23.6 Å². The van der Waals surface area contributed by atoms with Crippen molar-refractivity contribution >= 4 is 46.8 Å². The number of likely N-dealkylation sites (tertiary alicyclic amines) is 1. The van der Waals surface area contributed by atoms with Crippen LogP contribution in [0.3, 0.4) is 0 Å². The van der Waals surface area contributed by atoms with Crippen molar-refractivity contribution in [2.24, 2.45) is 5.92 Å². The van der Waals surface area contributed by atoms with Gasteiger partial charge in [0, 0.05) is 43.6 Å². The Morgan fingerprint density at radius 2 is 1.54 bits per heavy atom. The molecular formula is C41H47ClN4O8. The highest BCUT2D eigenvalue weighted by molar-refractivity contribution is 6.23. The summed E-state index contributed by atoms with van der Waals surface area (Å²) < 4.78 is 11.8. The molecule has 286 valence electrons. The second-order valence-corrected chi connectivity index (χ2v) is 15.0. The fraction of sp³-hybridized carbons (Fsp3) is 0.439. The van der Waals surface area contributed by atoms with Crippen LogP contribution in [-0.2, 0) is 19.8 Å². The number of rotatable bonds is 15. The molecule has 0 aromatic heterocycles. The number of alkyl halides is 1. The van der Waals surface area contributed by atoms with Crippen molar-refractivity contribution in [3.63, 3.8) is 0 Å². The fourth-order valence-corrected chi connectivity index (χ4v) is 7.20. The van der Waals surface area contributed by atoms with Crippen LogP contribution in [0, 0.1) is 5.92 Å². The number of aliphatic hydroxyl groups is 1. The molecule has 12 nitrogen and oxygen atoms in total. The van der Waals surface area contributed by atoms with Crippen LogP contribution >= 0.6 is 11.6 Å². The standard InChI is InChI=1S/C41H47ClN4O8/c1-41(2,28-7-12-32(13-8-28)54-25-30(47)23-42)27-5-10-31(11-6-27)53-24-26-17-20-45(21-18-26)37(49)4-3-19-43-29-9-14-33-34(22-29)40(52)46(39(33)51)35-15-16-36(48)44-38(35)50/h5-14,22,26,30,35,43,47H,3-4,15-21,23-25H2,1-2H3,(H,44,48,50)/t30-,35?/m1/s1. The molecule has 0 radical (unpaired) electrons. The summed E-state index contributed by atoms with van der Waals surface area (Å²) in [6.45, 7) is 6.97. The molecule has 0 bridgehead atoms. The number of anilines is 1. The Hall–Kier alpha value is -4.94. The molecule has 3 N–H and O–H groups in total. The average molecular weight is 759 g/mol. The molecule has 13 heteroatoms. The second kappa shape index (κ2) is 17.0. The van der Waals surface area contributed by atoms with Gasteiger partial charge in [-0.2, -0.15) is 0 Å². The van der Waals surface area contributed by atoms with Crippen LogP contribution in [0.25, 0.3) is 0 Å². The van der Waals surface area contributed by atoms with E-state index in [1.165, 1.54) is 0 Å². The Labute approximate surface area is 320 Å². The third kappa shape index (κ3) is 8.88. The van der Waals surface area contributed by atoms with E-state index < -0.39 is 35.8 Å². The van der Waals surface area contributed by atoms with Gasteiger partial charge in [-0.05, 0) is 85.2 Å². The van der Waals surface area contributed by atoms with Crippen molar-refractivity contribution in [3.05, 3.63) is 89.0 Å². The lowest BCUT2D eigenvalue weighted by atomic mass is 9.78. The maximum Gasteiger partial charge on any atom is 0.262 e. The number of hydrogen-bond acceptors (Lipinski definition) is 9. The van der Waals surface area contributed by atoms with Crippen LogP contribution in [0.4, 0.5) is 5.69 Å². The fourth-order valence-electron chi connectivity index (χ4n) is 7.11. The zero-order valence-corrected chi connectivity index (χ0v) is 31.4. The first-order valence-corrected chi connectivity index (χ1v) is 19.1. The molecular weight excluding hydrogens is 712 g/mol. The summed E-state index contributed by atoms with van der Waals surface area (Å²) in [5.74, 6) is -0.0607. The molecule has 0 aliphatic carbocycles. The maximum atomic E-state index is 13.1. The highest BCUT2D eigenvalue weighted by Crippen LogP contribution is 2.34. The van der Waals surface area contributed by atoms with Crippen molar-refractivity contribution in [1.82, 2.24) is 15.1 Å². The normalized spacial score (nSPS) is 18.3. The first-order valence-electron chi connectivity index (χ1n) is 18.5. The van der Waals surface area contributed by atoms with Crippen molar-refractivity contribution in [2.45, 2.75) is 69.9 Å². The first-order chi connectivity index (χ1) is 25.9. The monoisotopic (exact) mass is 758 g/mol. The Kier molecular flexibility index (Phi) is 12.2.